The minimum atomic E-state index is 0.0582. The lowest BCUT2D eigenvalue weighted by Gasteiger charge is -2.34. The molecule has 3 rings (SSSR count). The fraction of sp³-hybridized carbons (Fsp3) is 0.588. The van der Waals surface area contributed by atoms with E-state index in [0.717, 1.165) is 35.5 Å². The lowest BCUT2D eigenvalue weighted by Crippen LogP contribution is -2.48. The predicted octanol–water partition coefficient (Wildman–Crippen LogP) is 1.63. The quantitative estimate of drug-likeness (QED) is 0.840. The number of hydrogen-bond donors (Lipinski definition) is 2. The molecule has 0 aliphatic carbocycles. The average molecular weight is 363 g/mol. The second-order valence-electron chi connectivity index (χ2n) is 6.19. The fourth-order valence-corrected chi connectivity index (χ4v) is 4.36. The molecule has 2 aromatic rings. The van der Waals surface area contributed by atoms with Crippen molar-refractivity contribution in [3.63, 3.8) is 0 Å². The summed E-state index contributed by atoms with van der Waals surface area (Å²) >= 11 is 1.69. The number of rotatable bonds is 5. The van der Waals surface area contributed by atoms with E-state index in [0.29, 0.717) is 25.6 Å². The number of amides is 1. The molecule has 0 spiro atoms. The fourth-order valence-electron chi connectivity index (χ4n) is 3.25. The molecule has 1 amide bonds. The molecule has 3 heterocycles. The van der Waals surface area contributed by atoms with Gasteiger partial charge in [-0.1, -0.05) is 6.92 Å². The van der Waals surface area contributed by atoms with Crippen molar-refractivity contribution in [2.75, 3.05) is 49.5 Å². The van der Waals surface area contributed by atoms with Crippen LogP contribution < -0.4 is 10.2 Å². The van der Waals surface area contributed by atoms with E-state index < -0.39 is 0 Å². The zero-order valence-electron chi connectivity index (χ0n) is 15.0. The van der Waals surface area contributed by atoms with Crippen molar-refractivity contribution in [2.45, 2.75) is 27.2 Å². The largest absolute Gasteiger partial charge is 0.395 e. The van der Waals surface area contributed by atoms with Gasteiger partial charge in [0.25, 0.3) is 0 Å². The number of anilines is 2. The number of carbonyl (C=O) groups excluding carboxylic acids is 1. The third-order valence-corrected chi connectivity index (χ3v) is 5.65. The topological polar surface area (TPSA) is 81.6 Å². The second-order valence-corrected chi connectivity index (χ2v) is 7.39. The molecule has 25 heavy (non-hydrogen) atoms. The first-order valence-corrected chi connectivity index (χ1v) is 9.52. The van der Waals surface area contributed by atoms with E-state index in [1.807, 2.05) is 4.90 Å². The summed E-state index contributed by atoms with van der Waals surface area (Å²) in [5, 5.41) is 13.5. The molecule has 7 nitrogen and oxygen atoms in total. The molecule has 1 saturated heterocycles. The molecule has 0 radical (unpaired) electrons. The number of nitrogens with one attached hydrogen (secondary N) is 1. The molecule has 1 aliphatic rings. The van der Waals surface area contributed by atoms with E-state index in [1.165, 1.54) is 10.4 Å². The molecule has 0 bridgehead atoms. The van der Waals surface area contributed by atoms with Crippen LogP contribution in [-0.4, -0.2) is 65.2 Å². The summed E-state index contributed by atoms with van der Waals surface area (Å²) in [5.41, 5.74) is 1.27. The number of aliphatic hydroxyl groups excluding tert-OH is 1. The summed E-state index contributed by atoms with van der Waals surface area (Å²) in [6.07, 6.45) is 0.930. The first-order chi connectivity index (χ1) is 12.0. The highest BCUT2D eigenvalue weighted by Gasteiger charge is 2.23. The number of fused-ring (bicyclic) bond motifs is 1. The van der Waals surface area contributed by atoms with Crippen LogP contribution in [0.25, 0.3) is 10.2 Å². The smallest absolute Gasteiger partial charge is 0.228 e. The molecule has 2 aromatic heterocycles. The van der Waals surface area contributed by atoms with E-state index in [-0.39, 0.29) is 12.5 Å². The van der Waals surface area contributed by atoms with Gasteiger partial charge in [-0.25, -0.2) is 4.98 Å². The maximum Gasteiger partial charge on any atom is 0.228 e. The highest BCUT2D eigenvalue weighted by atomic mass is 32.1. The van der Waals surface area contributed by atoms with Crippen LogP contribution in [0.3, 0.4) is 0 Å². The van der Waals surface area contributed by atoms with Gasteiger partial charge in [-0.3, -0.25) is 4.79 Å². The molecule has 1 fully saturated rings. The van der Waals surface area contributed by atoms with Crippen molar-refractivity contribution in [1.82, 2.24) is 14.9 Å². The highest BCUT2D eigenvalue weighted by Crippen LogP contribution is 2.35. The van der Waals surface area contributed by atoms with E-state index in [2.05, 4.69) is 24.1 Å². The van der Waals surface area contributed by atoms with Crippen LogP contribution in [0, 0.1) is 6.92 Å². The minimum absolute atomic E-state index is 0.0582. The van der Waals surface area contributed by atoms with E-state index in [9.17, 15) is 9.90 Å². The SMILES string of the molecule is CCc1c(C)sc2nc(N3CCN(C(C)=O)CC3)nc(NCCO)c12. The molecular weight excluding hydrogens is 338 g/mol. The van der Waals surface area contributed by atoms with Gasteiger partial charge < -0.3 is 20.2 Å². The highest BCUT2D eigenvalue weighted by molar-refractivity contribution is 7.18. The Balaban J connectivity index is 1.95. The number of aryl methyl sites for hydroxylation is 2. The first-order valence-electron chi connectivity index (χ1n) is 8.70. The van der Waals surface area contributed by atoms with Crippen LogP contribution in [0.15, 0.2) is 0 Å². The molecule has 136 valence electrons. The van der Waals surface area contributed by atoms with Crippen molar-refractivity contribution in [1.29, 1.82) is 0 Å². The maximum atomic E-state index is 11.5. The monoisotopic (exact) mass is 363 g/mol. The molecule has 0 saturated carbocycles. The van der Waals surface area contributed by atoms with Gasteiger partial charge in [0.2, 0.25) is 11.9 Å². The van der Waals surface area contributed by atoms with Crippen LogP contribution in [0.1, 0.15) is 24.3 Å². The Kier molecular flexibility index (Phi) is 5.39. The van der Waals surface area contributed by atoms with Crippen molar-refractivity contribution < 1.29 is 9.90 Å². The van der Waals surface area contributed by atoms with E-state index in [1.54, 1.807) is 18.3 Å². The molecule has 0 unspecified atom stereocenters. The summed E-state index contributed by atoms with van der Waals surface area (Å²) in [6, 6.07) is 0. The third kappa shape index (κ3) is 3.55. The van der Waals surface area contributed by atoms with Crippen molar-refractivity contribution in [3.05, 3.63) is 10.4 Å². The van der Waals surface area contributed by atoms with Crippen LogP contribution in [0.5, 0.6) is 0 Å². The number of thiophene rings is 1. The molecular formula is C17H25N5O2S. The lowest BCUT2D eigenvalue weighted by atomic mass is 10.1. The van der Waals surface area contributed by atoms with Gasteiger partial charge in [0.05, 0.1) is 12.0 Å². The van der Waals surface area contributed by atoms with Crippen LogP contribution >= 0.6 is 11.3 Å². The number of nitrogens with zero attached hydrogens (tertiary/aromatic N) is 4. The van der Waals surface area contributed by atoms with Crippen molar-refractivity contribution >= 4 is 39.2 Å². The van der Waals surface area contributed by atoms with Crippen LogP contribution in [-0.2, 0) is 11.2 Å². The Morgan fingerprint density at radius 1 is 1.28 bits per heavy atom. The Morgan fingerprint density at radius 2 is 2.00 bits per heavy atom. The second kappa shape index (κ2) is 7.53. The number of carbonyl (C=O) groups is 1. The normalized spacial score (nSPS) is 15.0. The van der Waals surface area contributed by atoms with E-state index >= 15 is 0 Å². The summed E-state index contributed by atoms with van der Waals surface area (Å²) in [7, 11) is 0. The molecule has 8 heteroatoms. The number of aliphatic hydroxyl groups is 1. The standard InChI is InChI=1S/C17H25N5O2S/c1-4-13-11(2)25-16-14(13)15(18-5-10-23)19-17(20-16)22-8-6-21(7-9-22)12(3)24/h23H,4-10H2,1-3H3,(H,18,19,20). The Labute approximate surface area is 151 Å². The molecule has 1 aliphatic heterocycles. The molecule has 2 N–H and O–H groups in total. The summed E-state index contributed by atoms with van der Waals surface area (Å²) < 4.78 is 0. The van der Waals surface area contributed by atoms with Gasteiger partial charge in [-0.15, -0.1) is 11.3 Å². The number of piperazine rings is 1. The van der Waals surface area contributed by atoms with Crippen LogP contribution in [0.4, 0.5) is 11.8 Å². The van der Waals surface area contributed by atoms with Gasteiger partial charge in [0.15, 0.2) is 0 Å². The first kappa shape index (κ1) is 17.9. The zero-order valence-corrected chi connectivity index (χ0v) is 15.8. The number of hydrogen-bond acceptors (Lipinski definition) is 7. The zero-order chi connectivity index (χ0) is 18.0. The summed E-state index contributed by atoms with van der Waals surface area (Å²) in [6.45, 7) is 9.23. The Morgan fingerprint density at radius 3 is 2.60 bits per heavy atom. The van der Waals surface area contributed by atoms with Gasteiger partial charge in [0, 0.05) is 44.5 Å². The van der Waals surface area contributed by atoms with Crippen molar-refractivity contribution in [3.8, 4) is 0 Å². The van der Waals surface area contributed by atoms with Gasteiger partial charge >= 0.3 is 0 Å². The Bertz CT molecular complexity index is 768. The van der Waals surface area contributed by atoms with Crippen molar-refractivity contribution in [2.24, 2.45) is 0 Å². The van der Waals surface area contributed by atoms with Crippen LogP contribution in [0.2, 0.25) is 0 Å². The van der Waals surface area contributed by atoms with Gasteiger partial charge in [-0.05, 0) is 18.9 Å². The maximum absolute atomic E-state index is 11.5. The predicted molar refractivity (Wildman–Crippen MR) is 102 cm³/mol. The number of aromatic nitrogens is 2. The third-order valence-electron chi connectivity index (χ3n) is 4.61. The Hall–Kier alpha value is -1.93. The summed E-state index contributed by atoms with van der Waals surface area (Å²) in [5.74, 6) is 1.60. The average Bonchev–Trinajstić information content (AvgIpc) is 2.94. The summed E-state index contributed by atoms with van der Waals surface area (Å²) in [4.78, 5) is 27.3. The van der Waals surface area contributed by atoms with Gasteiger partial charge in [-0.2, -0.15) is 4.98 Å². The minimum Gasteiger partial charge on any atom is -0.395 e. The van der Waals surface area contributed by atoms with Gasteiger partial charge in [0.1, 0.15) is 10.6 Å². The lowest BCUT2D eigenvalue weighted by molar-refractivity contribution is -0.129. The van der Waals surface area contributed by atoms with E-state index in [4.69, 9.17) is 9.97 Å². The molecule has 0 aromatic carbocycles. The molecule has 0 atom stereocenters.